The van der Waals surface area contributed by atoms with Crippen LogP contribution in [0.4, 0.5) is 5.69 Å². The van der Waals surface area contributed by atoms with Crippen molar-refractivity contribution in [3.8, 4) is 5.75 Å². The fourth-order valence-corrected chi connectivity index (χ4v) is 4.00. The van der Waals surface area contributed by atoms with Gasteiger partial charge in [-0.2, -0.15) is 5.10 Å². The van der Waals surface area contributed by atoms with Crippen LogP contribution in [0.15, 0.2) is 47.6 Å². The Morgan fingerprint density at radius 2 is 2.00 bits per heavy atom. The van der Waals surface area contributed by atoms with Gasteiger partial charge in [-0.3, -0.25) is 14.9 Å². The molecule has 1 amide bonds. The highest BCUT2D eigenvalue weighted by atomic mass is 16.6. The highest BCUT2D eigenvalue weighted by Gasteiger charge is 2.43. The van der Waals surface area contributed by atoms with E-state index in [9.17, 15) is 14.9 Å². The maximum absolute atomic E-state index is 12.3. The zero-order valence-corrected chi connectivity index (χ0v) is 15.1. The van der Waals surface area contributed by atoms with Crippen molar-refractivity contribution in [3.05, 3.63) is 69.3 Å². The summed E-state index contributed by atoms with van der Waals surface area (Å²) in [5, 5.41) is 17.1. The van der Waals surface area contributed by atoms with E-state index >= 15 is 0 Å². The normalized spacial score (nSPS) is 20.5. The van der Waals surface area contributed by atoms with E-state index in [1.54, 1.807) is 19.2 Å². The molecule has 0 spiro atoms. The van der Waals surface area contributed by atoms with Crippen LogP contribution in [0.2, 0.25) is 0 Å². The molecule has 7 nitrogen and oxygen atoms in total. The van der Waals surface area contributed by atoms with Gasteiger partial charge in [0.2, 0.25) is 5.91 Å². The molecule has 0 saturated carbocycles. The van der Waals surface area contributed by atoms with E-state index in [1.807, 2.05) is 18.2 Å². The summed E-state index contributed by atoms with van der Waals surface area (Å²) in [6, 6.07) is 12.1. The Balaban J connectivity index is 1.76. The predicted octanol–water partition coefficient (Wildman–Crippen LogP) is 3.47. The van der Waals surface area contributed by atoms with Crippen molar-refractivity contribution in [1.82, 2.24) is 5.01 Å². The first-order chi connectivity index (χ1) is 13.0. The van der Waals surface area contributed by atoms with Crippen molar-refractivity contribution < 1.29 is 14.5 Å². The highest BCUT2D eigenvalue weighted by molar-refractivity contribution is 6.07. The van der Waals surface area contributed by atoms with Gasteiger partial charge in [-0.25, -0.2) is 5.01 Å². The molecule has 0 aromatic heterocycles. The number of aryl methyl sites for hydroxylation is 1. The Bertz CT molecular complexity index is 952. The lowest BCUT2D eigenvalue weighted by Crippen LogP contribution is -2.31. The monoisotopic (exact) mass is 365 g/mol. The van der Waals surface area contributed by atoms with Crippen LogP contribution in [0.3, 0.4) is 0 Å². The van der Waals surface area contributed by atoms with Crippen LogP contribution in [0, 0.1) is 16.0 Å². The smallest absolute Gasteiger partial charge is 0.269 e. The van der Waals surface area contributed by atoms with Gasteiger partial charge in [-0.05, 0) is 36.1 Å². The molecule has 2 unspecified atom stereocenters. The molecule has 2 atom stereocenters. The number of nitro benzene ring substituents is 1. The first kappa shape index (κ1) is 17.2. The predicted molar refractivity (Wildman–Crippen MR) is 99.7 cm³/mol. The molecule has 2 aromatic carbocycles. The molecule has 2 aromatic rings. The third kappa shape index (κ3) is 2.85. The lowest BCUT2D eigenvalue weighted by atomic mass is 9.77. The maximum Gasteiger partial charge on any atom is 0.269 e. The Morgan fingerprint density at radius 3 is 2.63 bits per heavy atom. The van der Waals surface area contributed by atoms with Crippen LogP contribution in [-0.4, -0.2) is 28.7 Å². The van der Waals surface area contributed by atoms with Crippen molar-refractivity contribution in [2.75, 3.05) is 7.11 Å². The zero-order valence-electron chi connectivity index (χ0n) is 15.1. The van der Waals surface area contributed by atoms with E-state index in [1.165, 1.54) is 29.6 Å². The van der Waals surface area contributed by atoms with Gasteiger partial charge in [0.1, 0.15) is 5.75 Å². The third-order valence-corrected chi connectivity index (χ3v) is 5.30. The third-order valence-electron chi connectivity index (χ3n) is 5.30. The van der Waals surface area contributed by atoms with Crippen molar-refractivity contribution in [1.29, 1.82) is 0 Å². The standard InChI is InChI=1S/C20H19N3O4/c1-12(24)22-20(14-3-7-15(8-4-14)23(25)26)17-10-6-13-5-9-16(27-2)11-18(13)19(17)21-22/h3-5,7-9,11,17,20H,6,10H2,1-2H3. The number of rotatable bonds is 3. The fourth-order valence-electron chi connectivity index (χ4n) is 4.00. The summed E-state index contributed by atoms with van der Waals surface area (Å²) in [6.07, 6.45) is 1.75. The minimum atomic E-state index is -0.424. The van der Waals surface area contributed by atoms with E-state index in [2.05, 4.69) is 5.10 Å². The van der Waals surface area contributed by atoms with Gasteiger partial charge in [0.15, 0.2) is 0 Å². The number of amides is 1. The summed E-state index contributed by atoms with van der Waals surface area (Å²) in [7, 11) is 1.63. The molecule has 1 aliphatic carbocycles. The van der Waals surface area contributed by atoms with Gasteiger partial charge >= 0.3 is 0 Å². The summed E-state index contributed by atoms with van der Waals surface area (Å²) in [5.41, 5.74) is 3.98. The number of nitro groups is 1. The summed E-state index contributed by atoms with van der Waals surface area (Å²) >= 11 is 0. The molecule has 0 bridgehead atoms. The molecular formula is C20H19N3O4. The number of hydrogen-bond donors (Lipinski definition) is 0. The average molecular weight is 365 g/mol. The van der Waals surface area contributed by atoms with Gasteiger partial charge in [-0.1, -0.05) is 18.2 Å². The van der Waals surface area contributed by atoms with Crippen LogP contribution in [0.25, 0.3) is 0 Å². The first-order valence-corrected chi connectivity index (χ1v) is 8.79. The van der Waals surface area contributed by atoms with Crippen molar-refractivity contribution in [2.24, 2.45) is 11.0 Å². The zero-order chi connectivity index (χ0) is 19.1. The molecule has 27 heavy (non-hydrogen) atoms. The number of carbonyl (C=O) groups excluding carboxylic acids is 1. The van der Waals surface area contributed by atoms with Crippen molar-refractivity contribution in [2.45, 2.75) is 25.8 Å². The molecule has 0 saturated heterocycles. The number of hydrazone groups is 1. The number of hydrogen-bond acceptors (Lipinski definition) is 5. The summed E-state index contributed by atoms with van der Waals surface area (Å²) in [4.78, 5) is 22.8. The molecule has 0 N–H and O–H groups in total. The number of ether oxygens (including phenoxy) is 1. The number of nitrogens with zero attached hydrogens (tertiary/aromatic N) is 3. The van der Waals surface area contributed by atoms with Gasteiger partial charge in [0.05, 0.1) is 23.8 Å². The molecule has 4 rings (SSSR count). The van der Waals surface area contributed by atoms with E-state index in [4.69, 9.17) is 4.74 Å². The van der Waals surface area contributed by atoms with Crippen LogP contribution in [0.1, 0.15) is 36.1 Å². The minimum Gasteiger partial charge on any atom is -0.497 e. The molecular weight excluding hydrogens is 346 g/mol. The van der Waals surface area contributed by atoms with E-state index in [-0.39, 0.29) is 23.6 Å². The van der Waals surface area contributed by atoms with E-state index < -0.39 is 4.92 Å². The second-order valence-electron chi connectivity index (χ2n) is 6.81. The average Bonchev–Trinajstić information content (AvgIpc) is 3.08. The van der Waals surface area contributed by atoms with Crippen LogP contribution >= 0.6 is 0 Å². The number of benzene rings is 2. The van der Waals surface area contributed by atoms with Crippen LogP contribution < -0.4 is 4.74 Å². The lowest BCUT2D eigenvalue weighted by Gasteiger charge is -2.29. The van der Waals surface area contributed by atoms with E-state index in [0.717, 1.165) is 35.4 Å². The first-order valence-electron chi connectivity index (χ1n) is 8.79. The fraction of sp³-hybridized carbons (Fsp3) is 0.300. The van der Waals surface area contributed by atoms with Crippen LogP contribution in [0.5, 0.6) is 5.75 Å². The lowest BCUT2D eigenvalue weighted by molar-refractivity contribution is -0.384. The van der Waals surface area contributed by atoms with Crippen molar-refractivity contribution >= 4 is 17.3 Å². The summed E-state index contributed by atoms with van der Waals surface area (Å²) in [6.45, 7) is 1.49. The number of carbonyl (C=O) groups is 1. The van der Waals surface area contributed by atoms with Gasteiger partial charge in [-0.15, -0.1) is 0 Å². The molecule has 0 fully saturated rings. The highest BCUT2D eigenvalue weighted by Crippen LogP contribution is 2.44. The Kier molecular flexibility index (Phi) is 4.14. The maximum atomic E-state index is 12.3. The Labute approximate surface area is 156 Å². The SMILES string of the molecule is COc1ccc2c(c1)C1=NN(C(C)=O)C(c3ccc([N+](=O)[O-])cc3)C1CC2. The number of methoxy groups -OCH3 is 1. The quantitative estimate of drug-likeness (QED) is 0.616. The molecule has 1 aliphatic heterocycles. The minimum absolute atomic E-state index is 0.0333. The topological polar surface area (TPSA) is 85.0 Å². The Hall–Kier alpha value is -3.22. The molecule has 1 heterocycles. The number of non-ortho nitro benzene ring substituents is 1. The molecule has 2 aliphatic rings. The second-order valence-corrected chi connectivity index (χ2v) is 6.81. The van der Waals surface area contributed by atoms with Gasteiger partial charge in [0, 0.05) is 30.5 Å². The van der Waals surface area contributed by atoms with E-state index in [0.29, 0.717) is 0 Å². The summed E-state index contributed by atoms with van der Waals surface area (Å²) in [5.74, 6) is 0.657. The Morgan fingerprint density at radius 1 is 1.26 bits per heavy atom. The summed E-state index contributed by atoms with van der Waals surface area (Å²) < 4.78 is 5.35. The largest absolute Gasteiger partial charge is 0.497 e. The molecule has 138 valence electrons. The molecule has 7 heteroatoms. The van der Waals surface area contributed by atoms with Crippen molar-refractivity contribution in [3.63, 3.8) is 0 Å². The van der Waals surface area contributed by atoms with Crippen LogP contribution in [-0.2, 0) is 11.2 Å². The van der Waals surface area contributed by atoms with Gasteiger partial charge in [0.25, 0.3) is 5.69 Å². The van der Waals surface area contributed by atoms with Gasteiger partial charge < -0.3 is 4.74 Å². The number of fused-ring (bicyclic) bond motifs is 3. The molecule has 0 radical (unpaired) electrons. The second kappa shape index (κ2) is 6.50.